The van der Waals surface area contributed by atoms with Crippen LogP contribution in [0.15, 0.2) is 24.3 Å². The van der Waals surface area contributed by atoms with Crippen LogP contribution in [0.2, 0.25) is 0 Å². The van der Waals surface area contributed by atoms with Crippen LogP contribution in [0.5, 0.6) is 5.75 Å². The van der Waals surface area contributed by atoms with Gasteiger partial charge in [0.2, 0.25) is 0 Å². The second kappa shape index (κ2) is 5.83. The number of piperidine rings is 1. The van der Waals surface area contributed by atoms with E-state index in [1.165, 1.54) is 12.1 Å². The van der Waals surface area contributed by atoms with E-state index in [2.05, 4.69) is 30.9 Å². The molecule has 0 radical (unpaired) electrons. The zero-order valence-corrected chi connectivity index (χ0v) is 12.4. The summed E-state index contributed by atoms with van der Waals surface area (Å²) >= 11 is 0. The van der Waals surface area contributed by atoms with Gasteiger partial charge in [-0.1, -0.05) is 26.0 Å². The number of nitrogens with two attached hydrogens (primary N) is 1. The second-order valence-corrected chi connectivity index (χ2v) is 6.14. The van der Waals surface area contributed by atoms with Gasteiger partial charge in [-0.3, -0.25) is 0 Å². The zero-order valence-electron chi connectivity index (χ0n) is 12.4. The van der Waals surface area contributed by atoms with Gasteiger partial charge in [-0.05, 0) is 42.9 Å². The molecule has 1 heterocycles. The van der Waals surface area contributed by atoms with E-state index in [9.17, 15) is 0 Å². The van der Waals surface area contributed by atoms with Gasteiger partial charge < -0.3 is 15.4 Å². The van der Waals surface area contributed by atoms with Crippen molar-refractivity contribution >= 4 is 5.69 Å². The van der Waals surface area contributed by atoms with Crippen LogP contribution >= 0.6 is 0 Å². The average molecular weight is 262 g/mol. The number of benzene rings is 1. The Morgan fingerprint density at radius 1 is 1.37 bits per heavy atom. The normalized spacial score (nSPS) is 22.3. The summed E-state index contributed by atoms with van der Waals surface area (Å²) in [6, 6.07) is 8.29. The molecule has 1 atom stereocenters. The monoisotopic (exact) mass is 262 g/mol. The number of hydrogen-bond donors (Lipinski definition) is 1. The molecule has 1 aliphatic rings. The number of rotatable bonds is 4. The molecule has 1 aliphatic heterocycles. The van der Waals surface area contributed by atoms with E-state index in [-0.39, 0.29) is 0 Å². The molecular weight excluding hydrogens is 236 g/mol. The molecule has 0 bridgehead atoms. The zero-order chi connectivity index (χ0) is 13.9. The highest BCUT2D eigenvalue weighted by Gasteiger charge is 2.35. The highest BCUT2D eigenvalue weighted by molar-refractivity contribution is 5.58. The summed E-state index contributed by atoms with van der Waals surface area (Å²) in [6.45, 7) is 7.67. The fourth-order valence-corrected chi connectivity index (χ4v) is 3.24. The Labute approximate surface area is 116 Å². The molecule has 2 rings (SSSR count). The van der Waals surface area contributed by atoms with E-state index < -0.39 is 0 Å². The van der Waals surface area contributed by atoms with E-state index in [1.807, 2.05) is 12.1 Å². The van der Waals surface area contributed by atoms with Gasteiger partial charge in [0.1, 0.15) is 5.75 Å². The van der Waals surface area contributed by atoms with Gasteiger partial charge in [-0.2, -0.15) is 0 Å². The van der Waals surface area contributed by atoms with Crippen molar-refractivity contribution in [2.24, 2.45) is 17.1 Å². The fourth-order valence-electron chi connectivity index (χ4n) is 3.24. The third kappa shape index (κ3) is 3.03. The summed E-state index contributed by atoms with van der Waals surface area (Å²) in [5.41, 5.74) is 7.25. The van der Waals surface area contributed by atoms with Crippen LogP contribution in [0.1, 0.15) is 26.7 Å². The van der Waals surface area contributed by atoms with Crippen molar-refractivity contribution in [2.45, 2.75) is 26.7 Å². The van der Waals surface area contributed by atoms with Gasteiger partial charge >= 0.3 is 0 Å². The van der Waals surface area contributed by atoms with E-state index in [0.717, 1.165) is 37.7 Å². The average Bonchev–Trinajstić information content (AvgIpc) is 2.41. The maximum Gasteiger partial charge on any atom is 0.142 e. The predicted octanol–water partition coefficient (Wildman–Crippen LogP) is 2.90. The molecule has 0 amide bonds. The SMILES string of the molecule is COc1ccccc1N1CCC(CCN)C(C)(C)C1. The van der Waals surface area contributed by atoms with Crippen LogP contribution in [-0.2, 0) is 0 Å². The van der Waals surface area contributed by atoms with Crippen molar-refractivity contribution in [3.05, 3.63) is 24.3 Å². The quantitative estimate of drug-likeness (QED) is 0.906. The third-order valence-corrected chi connectivity index (χ3v) is 4.39. The van der Waals surface area contributed by atoms with Crippen LogP contribution < -0.4 is 15.4 Å². The van der Waals surface area contributed by atoms with E-state index in [1.54, 1.807) is 7.11 Å². The molecule has 0 spiro atoms. The Bertz CT molecular complexity index is 417. The van der Waals surface area contributed by atoms with Crippen LogP contribution in [-0.4, -0.2) is 26.7 Å². The maximum atomic E-state index is 5.74. The molecule has 2 N–H and O–H groups in total. The van der Waals surface area contributed by atoms with Crippen molar-refractivity contribution in [3.8, 4) is 5.75 Å². The molecule has 1 unspecified atom stereocenters. The van der Waals surface area contributed by atoms with Gasteiger partial charge in [-0.25, -0.2) is 0 Å². The lowest BCUT2D eigenvalue weighted by molar-refractivity contribution is 0.167. The lowest BCUT2D eigenvalue weighted by atomic mass is 9.72. The van der Waals surface area contributed by atoms with E-state index >= 15 is 0 Å². The van der Waals surface area contributed by atoms with Gasteiger partial charge in [0.05, 0.1) is 12.8 Å². The standard InChI is InChI=1S/C16H26N2O/c1-16(2)12-18(11-9-13(16)8-10-17)14-6-4-5-7-15(14)19-3/h4-7,13H,8-12,17H2,1-3H3. The summed E-state index contributed by atoms with van der Waals surface area (Å²) in [7, 11) is 1.74. The lowest BCUT2D eigenvalue weighted by Gasteiger charge is -2.45. The Hall–Kier alpha value is -1.22. The molecule has 1 fully saturated rings. The first-order valence-electron chi connectivity index (χ1n) is 7.16. The number of ether oxygens (including phenoxy) is 1. The van der Waals surface area contributed by atoms with Crippen LogP contribution in [0.4, 0.5) is 5.69 Å². The Morgan fingerprint density at radius 2 is 2.11 bits per heavy atom. The first kappa shape index (κ1) is 14.2. The number of methoxy groups -OCH3 is 1. The van der Waals surface area contributed by atoms with Gasteiger partial charge in [-0.15, -0.1) is 0 Å². The number of nitrogens with zero attached hydrogens (tertiary/aromatic N) is 1. The largest absolute Gasteiger partial charge is 0.495 e. The topological polar surface area (TPSA) is 38.5 Å². The molecule has 3 heteroatoms. The van der Waals surface area contributed by atoms with E-state index in [0.29, 0.717) is 5.41 Å². The van der Waals surface area contributed by atoms with Crippen molar-refractivity contribution in [1.82, 2.24) is 0 Å². The number of anilines is 1. The predicted molar refractivity (Wildman–Crippen MR) is 80.8 cm³/mol. The summed E-state index contributed by atoms with van der Waals surface area (Å²) in [6.07, 6.45) is 2.34. The summed E-state index contributed by atoms with van der Waals surface area (Å²) in [5.74, 6) is 1.69. The molecule has 1 saturated heterocycles. The Morgan fingerprint density at radius 3 is 2.74 bits per heavy atom. The number of para-hydroxylation sites is 2. The molecule has 0 saturated carbocycles. The molecule has 0 aliphatic carbocycles. The third-order valence-electron chi connectivity index (χ3n) is 4.39. The van der Waals surface area contributed by atoms with Gasteiger partial charge in [0, 0.05) is 13.1 Å². The van der Waals surface area contributed by atoms with Crippen LogP contribution in [0.25, 0.3) is 0 Å². The van der Waals surface area contributed by atoms with Gasteiger partial charge in [0.25, 0.3) is 0 Å². The molecule has 106 valence electrons. The fraction of sp³-hybridized carbons (Fsp3) is 0.625. The first-order chi connectivity index (χ1) is 9.08. The maximum absolute atomic E-state index is 5.74. The summed E-state index contributed by atoms with van der Waals surface area (Å²) in [5, 5.41) is 0. The van der Waals surface area contributed by atoms with Crippen molar-refractivity contribution in [3.63, 3.8) is 0 Å². The molecule has 1 aromatic carbocycles. The molecule has 1 aromatic rings. The minimum atomic E-state index is 0.304. The van der Waals surface area contributed by atoms with Gasteiger partial charge in [0.15, 0.2) is 0 Å². The van der Waals surface area contributed by atoms with Crippen LogP contribution in [0.3, 0.4) is 0 Å². The lowest BCUT2D eigenvalue weighted by Crippen LogP contribution is -2.46. The molecular formula is C16H26N2O. The second-order valence-electron chi connectivity index (χ2n) is 6.14. The minimum Gasteiger partial charge on any atom is -0.495 e. The summed E-state index contributed by atoms with van der Waals surface area (Å²) < 4.78 is 5.48. The van der Waals surface area contributed by atoms with Crippen LogP contribution in [0, 0.1) is 11.3 Å². The Kier molecular flexibility index (Phi) is 4.35. The molecule has 3 nitrogen and oxygen atoms in total. The van der Waals surface area contributed by atoms with Crippen molar-refractivity contribution < 1.29 is 4.74 Å². The van der Waals surface area contributed by atoms with Crippen molar-refractivity contribution in [1.29, 1.82) is 0 Å². The highest BCUT2D eigenvalue weighted by Crippen LogP contribution is 2.40. The minimum absolute atomic E-state index is 0.304. The Balaban J connectivity index is 2.16. The molecule has 0 aromatic heterocycles. The first-order valence-corrected chi connectivity index (χ1v) is 7.16. The highest BCUT2D eigenvalue weighted by atomic mass is 16.5. The smallest absolute Gasteiger partial charge is 0.142 e. The van der Waals surface area contributed by atoms with Crippen molar-refractivity contribution in [2.75, 3.05) is 31.6 Å². The molecule has 19 heavy (non-hydrogen) atoms. The summed E-state index contributed by atoms with van der Waals surface area (Å²) in [4.78, 5) is 2.45. The van der Waals surface area contributed by atoms with E-state index in [4.69, 9.17) is 10.5 Å². The number of hydrogen-bond acceptors (Lipinski definition) is 3.